The van der Waals surface area contributed by atoms with Crippen molar-refractivity contribution in [3.8, 4) is 28.7 Å². The number of para-hydroxylation sites is 1. The van der Waals surface area contributed by atoms with Crippen molar-refractivity contribution in [2.45, 2.75) is 6.54 Å². The molecule has 0 aliphatic carbocycles. The second-order valence-corrected chi connectivity index (χ2v) is 6.09. The Labute approximate surface area is 167 Å². The van der Waals surface area contributed by atoms with Crippen LogP contribution in [0.4, 0.5) is 0 Å². The third-order valence-corrected chi connectivity index (χ3v) is 4.17. The molecule has 9 heteroatoms. The highest BCUT2D eigenvalue weighted by atomic mass is 16.6. The molecule has 2 aromatic rings. The lowest BCUT2D eigenvalue weighted by Crippen LogP contribution is -2.24. The van der Waals surface area contributed by atoms with E-state index in [1.165, 1.54) is 26.4 Å². The van der Waals surface area contributed by atoms with E-state index in [1.54, 1.807) is 0 Å². The molecule has 0 atom stereocenters. The summed E-state index contributed by atoms with van der Waals surface area (Å²) in [5.74, 6) is 0.958. The molecule has 0 bridgehead atoms. The summed E-state index contributed by atoms with van der Waals surface area (Å²) in [4.78, 5) is 23.7. The van der Waals surface area contributed by atoms with Gasteiger partial charge in [0.2, 0.25) is 5.75 Å². The van der Waals surface area contributed by atoms with Crippen molar-refractivity contribution in [2.75, 3.05) is 34.0 Å². The van der Waals surface area contributed by atoms with Gasteiger partial charge in [0.1, 0.15) is 13.2 Å². The lowest BCUT2D eigenvalue weighted by Gasteiger charge is -2.21. The number of fused-ring (bicyclic) bond motifs is 1. The summed E-state index contributed by atoms with van der Waals surface area (Å²) >= 11 is 0. The van der Waals surface area contributed by atoms with Crippen LogP contribution in [0.2, 0.25) is 0 Å². The quantitative estimate of drug-likeness (QED) is 0.683. The van der Waals surface area contributed by atoms with Crippen LogP contribution in [0.1, 0.15) is 15.9 Å². The van der Waals surface area contributed by atoms with Crippen LogP contribution in [-0.4, -0.2) is 45.9 Å². The van der Waals surface area contributed by atoms with Crippen molar-refractivity contribution in [2.24, 2.45) is 5.73 Å². The molecule has 29 heavy (non-hydrogen) atoms. The van der Waals surface area contributed by atoms with E-state index in [0.717, 1.165) is 5.56 Å². The Kier molecular flexibility index (Phi) is 6.28. The molecular weight excluding hydrogens is 380 g/mol. The standard InChI is InChI=1S/C20H22N2O7/c1-25-15-8-13(9-16(26-2)19(15)29-11-17(21)23)20(24)22-10-12-4-3-5-14-18(12)28-7-6-27-14/h3-5,8-9H,6-7,10-11H2,1-2H3,(H2,21,23)(H,22,24). The maximum absolute atomic E-state index is 12.7. The summed E-state index contributed by atoms with van der Waals surface area (Å²) in [7, 11) is 2.84. The van der Waals surface area contributed by atoms with Crippen molar-refractivity contribution < 1.29 is 33.3 Å². The molecule has 154 valence electrons. The monoisotopic (exact) mass is 402 g/mol. The van der Waals surface area contributed by atoms with Gasteiger partial charge in [-0.3, -0.25) is 9.59 Å². The molecule has 3 rings (SSSR count). The Morgan fingerprint density at radius 2 is 1.79 bits per heavy atom. The van der Waals surface area contributed by atoms with Gasteiger partial charge in [-0.2, -0.15) is 0 Å². The number of amides is 2. The maximum atomic E-state index is 12.7. The lowest BCUT2D eigenvalue weighted by atomic mass is 10.1. The maximum Gasteiger partial charge on any atom is 0.255 e. The smallest absolute Gasteiger partial charge is 0.255 e. The van der Waals surface area contributed by atoms with Gasteiger partial charge in [-0.25, -0.2) is 0 Å². The van der Waals surface area contributed by atoms with Gasteiger partial charge in [-0.05, 0) is 18.2 Å². The van der Waals surface area contributed by atoms with Crippen molar-refractivity contribution in [3.63, 3.8) is 0 Å². The van der Waals surface area contributed by atoms with Crippen LogP contribution < -0.4 is 34.7 Å². The predicted octanol–water partition coefficient (Wildman–Crippen LogP) is 1.27. The van der Waals surface area contributed by atoms with Gasteiger partial charge < -0.3 is 34.7 Å². The SMILES string of the molecule is COc1cc(C(=O)NCc2cccc3c2OCCO3)cc(OC)c1OCC(N)=O. The summed E-state index contributed by atoms with van der Waals surface area (Å²) < 4.78 is 27.1. The number of hydrogen-bond acceptors (Lipinski definition) is 7. The summed E-state index contributed by atoms with van der Waals surface area (Å²) in [6.45, 7) is 0.848. The van der Waals surface area contributed by atoms with Gasteiger partial charge in [0.25, 0.3) is 11.8 Å². The van der Waals surface area contributed by atoms with E-state index in [9.17, 15) is 9.59 Å². The highest BCUT2D eigenvalue weighted by Crippen LogP contribution is 2.38. The first kappa shape index (κ1) is 20.1. The molecule has 0 radical (unpaired) electrons. The number of rotatable bonds is 8. The molecule has 2 aromatic carbocycles. The van der Waals surface area contributed by atoms with Crippen molar-refractivity contribution in [3.05, 3.63) is 41.5 Å². The third kappa shape index (κ3) is 4.63. The van der Waals surface area contributed by atoms with E-state index >= 15 is 0 Å². The second-order valence-electron chi connectivity index (χ2n) is 6.09. The van der Waals surface area contributed by atoms with Crippen LogP contribution in [0.3, 0.4) is 0 Å². The molecule has 3 N–H and O–H groups in total. The minimum Gasteiger partial charge on any atom is -0.493 e. The van der Waals surface area contributed by atoms with Crippen molar-refractivity contribution >= 4 is 11.8 Å². The first-order valence-electron chi connectivity index (χ1n) is 8.86. The summed E-state index contributed by atoms with van der Waals surface area (Å²) in [5.41, 5.74) is 6.22. The third-order valence-electron chi connectivity index (χ3n) is 4.17. The zero-order valence-corrected chi connectivity index (χ0v) is 16.2. The summed E-state index contributed by atoms with van der Waals surface area (Å²) in [5, 5.41) is 2.84. The Balaban J connectivity index is 1.78. The highest BCUT2D eigenvalue weighted by molar-refractivity contribution is 5.95. The number of methoxy groups -OCH3 is 2. The first-order chi connectivity index (χ1) is 14.0. The van der Waals surface area contributed by atoms with Crippen LogP contribution in [0, 0.1) is 0 Å². The van der Waals surface area contributed by atoms with Crippen LogP contribution in [0.5, 0.6) is 28.7 Å². The molecule has 0 saturated heterocycles. The largest absolute Gasteiger partial charge is 0.493 e. The first-order valence-corrected chi connectivity index (χ1v) is 8.86. The molecule has 1 aliphatic rings. The van der Waals surface area contributed by atoms with Crippen molar-refractivity contribution in [1.82, 2.24) is 5.32 Å². The average Bonchev–Trinajstić information content (AvgIpc) is 2.75. The van der Waals surface area contributed by atoms with E-state index in [4.69, 9.17) is 29.4 Å². The van der Waals surface area contributed by atoms with E-state index in [1.807, 2.05) is 18.2 Å². The number of benzene rings is 2. The average molecular weight is 402 g/mol. The number of hydrogen-bond donors (Lipinski definition) is 2. The number of nitrogens with one attached hydrogen (secondary N) is 1. The fraction of sp³-hybridized carbons (Fsp3) is 0.300. The van der Waals surface area contributed by atoms with Gasteiger partial charge in [-0.15, -0.1) is 0 Å². The van der Waals surface area contributed by atoms with E-state index in [2.05, 4.69) is 5.32 Å². The van der Waals surface area contributed by atoms with Gasteiger partial charge in [0.15, 0.2) is 29.6 Å². The number of ether oxygens (including phenoxy) is 5. The molecule has 0 aromatic heterocycles. The van der Waals surface area contributed by atoms with Gasteiger partial charge in [-0.1, -0.05) is 12.1 Å². The minimum atomic E-state index is -0.645. The van der Waals surface area contributed by atoms with E-state index < -0.39 is 5.91 Å². The Morgan fingerprint density at radius 3 is 2.45 bits per heavy atom. The topological polar surface area (TPSA) is 118 Å². The molecule has 0 spiro atoms. The minimum absolute atomic E-state index is 0.188. The Bertz CT molecular complexity index is 889. The van der Waals surface area contributed by atoms with E-state index in [-0.39, 0.29) is 36.3 Å². The molecule has 0 unspecified atom stereocenters. The lowest BCUT2D eigenvalue weighted by molar-refractivity contribution is -0.120. The molecule has 9 nitrogen and oxygen atoms in total. The van der Waals surface area contributed by atoms with Crippen LogP contribution in [0.15, 0.2) is 30.3 Å². The van der Waals surface area contributed by atoms with Gasteiger partial charge in [0, 0.05) is 17.7 Å². The molecule has 1 heterocycles. The van der Waals surface area contributed by atoms with Crippen molar-refractivity contribution in [1.29, 1.82) is 0 Å². The summed E-state index contributed by atoms with van der Waals surface area (Å²) in [6.07, 6.45) is 0. The fourth-order valence-electron chi connectivity index (χ4n) is 2.85. The zero-order valence-electron chi connectivity index (χ0n) is 16.2. The van der Waals surface area contributed by atoms with Crippen LogP contribution in [-0.2, 0) is 11.3 Å². The fourth-order valence-corrected chi connectivity index (χ4v) is 2.85. The molecule has 1 aliphatic heterocycles. The Hall–Kier alpha value is -3.62. The van der Waals surface area contributed by atoms with Crippen LogP contribution >= 0.6 is 0 Å². The predicted molar refractivity (Wildman–Crippen MR) is 103 cm³/mol. The van der Waals surface area contributed by atoms with Gasteiger partial charge >= 0.3 is 0 Å². The number of nitrogens with two attached hydrogens (primary N) is 1. The van der Waals surface area contributed by atoms with E-state index in [0.29, 0.717) is 30.3 Å². The number of primary amides is 1. The van der Waals surface area contributed by atoms with Crippen LogP contribution in [0.25, 0.3) is 0 Å². The molecule has 2 amide bonds. The summed E-state index contributed by atoms with van der Waals surface area (Å²) in [6, 6.07) is 8.50. The second kappa shape index (κ2) is 9.05. The molecule has 0 saturated carbocycles. The molecule has 0 fully saturated rings. The molecular formula is C20H22N2O7. The Morgan fingerprint density at radius 1 is 1.10 bits per heavy atom. The highest BCUT2D eigenvalue weighted by Gasteiger charge is 2.20. The van der Waals surface area contributed by atoms with Gasteiger partial charge in [0.05, 0.1) is 14.2 Å². The number of carbonyl (C=O) groups is 2. The number of carbonyl (C=O) groups excluding carboxylic acids is 2. The zero-order chi connectivity index (χ0) is 20.8. The normalized spacial score (nSPS) is 12.1.